The summed E-state index contributed by atoms with van der Waals surface area (Å²) in [6.07, 6.45) is 15.3. The van der Waals surface area contributed by atoms with Crippen LogP contribution in [0, 0.1) is 0 Å². The standard InChI is InChI=1S/C44H60N2O15S3/c1-43(21-13-31-62(49,50)51)36-32-34(63(52,53)54)18-20-39(36)46(24-26-60-29-30-61-28-27-59-4)40(43)14-9-6-5-7-10-15-41-44(2,22-25-58-3)37-33-35(64(55,56)57)17-19-38(37)45(41)23-12-8-11-16-42(47)48/h5-7,9-10,14-15,17-20,32-33H,8,11-13,16,21-31H2,1-4H3,(H3-,47,48,49,50,51,52,53,54,55,56,57). The van der Waals surface area contributed by atoms with Gasteiger partial charge in [-0.2, -0.15) is 21.4 Å². The largest absolute Gasteiger partial charge is 0.744 e. The van der Waals surface area contributed by atoms with Crippen LogP contribution in [0.2, 0.25) is 0 Å². The van der Waals surface area contributed by atoms with Gasteiger partial charge in [-0.3, -0.25) is 13.9 Å². The molecule has 0 aliphatic carbocycles. The quantitative estimate of drug-likeness (QED) is 0.0409. The molecule has 20 heteroatoms. The summed E-state index contributed by atoms with van der Waals surface area (Å²) in [4.78, 5) is 12.4. The maximum atomic E-state index is 12.2. The molecule has 2 heterocycles. The Balaban J connectivity index is 1.69. The monoisotopic (exact) mass is 952 g/mol. The highest BCUT2D eigenvalue weighted by molar-refractivity contribution is 7.86. The van der Waals surface area contributed by atoms with Crippen LogP contribution >= 0.6 is 0 Å². The lowest BCUT2D eigenvalue weighted by molar-refractivity contribution is -0.438. The zero-order valence-electron chi connectivity index (χ0n) is 36.7. The molecule has 4 rings (SSSR count). The third-order valence-electron chi connectivity index (χ3n) is 11.4. The van der Waals surface area contributed by atoms with Gasteiger partial charge in [-0.05, 0) is 87.9 Å². The number of carboxylic acids is 1. The molecule has 0 spiro atoms. The summed E-state index contributed by atoms with van der Waals surface area (Å²) in [5.41, 5.74) is 2.38. The van der Waals surface area contributed by atoms with E-state index in [0.29, 0.717) is 94.3 Å². The number of anilines is 1. The molecule has 354 valence electrons. The molecule has 0 bridgehead atoms. The Morgan fingerprint density at radius 2 is 1.39 bits per heavy atom. The number of carboxylic acid groups (broad SMARTS) is 1. The average molecular weight is 953 g/mol. The number of nitrogens with zero attached hydrogens (tertiary/aromatic N) is 2. The number of carbonyl (C=O) groups is 1. The molecule has 2 aliphatic rings. The molecule has 64 heavy (non-hydrogen) atoms. The lowest BCUT2D eigenvalue weighted by Crippen LogP contribution is -2.33. The number of aliphatic carboxylic acids is 1. The third kappa shape index (κ3) is 14.2. The molecule has 2 aliphatic heterocycles. The summed E-state index contributed by atoms with van der Waals surface area (Å²) in [7, 11) is -10.5. The van der Waals surface area contributed by atoms with Crippen LogP contribution in [-0.2, 0) is 64.9 Å². The fourth-order valence-corrected chi connectivity index (χ4v) is 9.64. The Morgan fingerprint density at radius 1 is 0.750 bits per heavy atom. The van der Waals surface area contributed by atoms with Crippen LogP contribution in [0.15, 0.2) is 94.4 Å². The van der Waals surface area contributed by atoms with Crippen LogP contribution < -0.4 is 4.90 Å². The van der Waals surface area contributed by atoms with E-state index < -0.39 is 57.8 Å². The maximum Gasteiger partial charge on any atom is 0.303 e. The molecule has 17 nitrogen and oxygen atoms in total. The Morgan fingerprint density at radius 3 is 2.05 bits per heavy atom. The summed E-state index contributed by atoms with van der Waals surface area (Å²) in [6.45, 7) is 6.72. The highest BCUT2D eigenvalue weighted by atomic mass is 32.2. The van der Waals surface area contributed by atoms with Gasteiger partial charge in [0.25, 0.3) is 20.2 Å². The van der Waals surface area contributed by atoms with Crippen LogP contribution in [0.4, 0.5) is 11.4 Å². The van der Waals surface area contributed by atoms with Crippen molar-refractivity contribution in [1.82, 2.24) is 0 Å². The maximum absolute atomic E-state index is 12.2. The Hall–Kier alpha value is -4.09. The lowest BCUT2D eigenvalue weighted by Gasteiger charge is -2.30. The van der Waals surface area contributed by atoms with E-state index in [0.717, 1.165) is 11.4 Å². The Bertz CT molecular complexity index is 2450. The smallest absolute Gasteiger partial charge is 0.303 e. The van der Waals surface area contributed by atoms with Crippen molar-refractivity contribution in [3.8, 4) is 0 Å². The van der Waals surface area contributed by atoms with Crippen LogP contribution in [0.5, 0.6) is 0 Å². The number of rotatable bonds is 28. The van der Waals surface area contributed by atoms with E-state index >= 15 is 0 Å². The van der Waals surface area contributed by atoms with Gasteiger partial charge in [-0.25, -0.2) is 8.42 Å². The fourth-order valence-electron chi connectivity index (χ4n) is 8.13. The van der Waals surface area contributed by atoms with E-state index in [1.54, 1.807) is 50.7 Å². The molecular weight excluding hydrogens is 893 g/mol. The van der Waals surface area contributed by atoms with Gasteiger partial charge < -0.3 is 33.5 Å². The second kappa shape index (κ2) is 23.4. The van der Waals surface area contributed by atoms with Gasteiger partial charge in [0.15, 0.2) is 5.71 Å². The minimum Gasteiger partial charge on any atom is -0.744 e. The fraction of sp³-hybridized carbons (Fsp3) is 0.500. The molecule has 0 fully saturated rings. The first-order valence-electron chi connectivity index (χ1n) is 20.8. The van der Waals surface area contributed by atoms with Crippen molar-refractivity contribution in [2.75, 3.05) is 77.6 Å². The van der Waals surface area contributed by atoms with Crippen LogP contribution in [0.1, 0.15) is 69.9 Å². The highest BCUT2D eigenvalue weighted by Crippen LogP contribution is 2.51. The number of hydrogen-bond acceptors (Lipinski definition) is 13. The van der Waals surface area contributed by atoms with Crippen molar-refractivity contribution < 1.29 is 72.3 Å². The van der Waals surface area contributed by atoms with Gasteiger partial charge >= 0.3 is 5.97 Å². The molecule has 3 N–H and O–H groups in total. The minimum atomic E-state index is -4.84. The zero-order valence-corrected chi connectivity index (χ0v) is 39.1. The van der Waals surface area contributed by atoms with Gasteiger partial charge in [-0.1, -0.05) is 30.4 Å². The first kappa shape index (κ1) is 52.5. The van der Waals surface area contributed by atoms with E-state index in [4.69, 9.17) is 24.1 Å². The number of hydrogen-bond donors (Lipinski definition) is 3. The van der Waals surface area contributed by atoms with Crippen LogP contribution in [0.25, 0.3) is 0 Å². The van der Waals surface area contributed by atoms with Gasteiger partial charge in [0.1, 0.15) is 16.7 Å². The van der Waals surface area contributed by atoms with Crippen LogP contribution in [-0.4, -0.2) is 133 Å². The van der Waals surface area contributed by atoms with E-state index in [2.05, 4.69) is 4.58 Å². The molecule has 2 aromatic rings. The van der Waals surface area contributed by atoms with Crippen LogP contribution in [0.3, 0.4) is 0 Å². The van der Waals surface area contributed by atoms with Gasteiger partial charge in [0.2, 0.25) is 5.69 Å². The third-order valence-corrected chi connectivity index (χ3v) is 13.9. The normalized spacial score (nSPS) is 19.9. The molecule has 2 aromatic carbocycles. The molecule has 0 saturated carbocycles. The van der Waals surface area contributed by atoms with Gasteiger partial charge in [0, 0.05) is 74.7 Å². The molecule has 2 unspecified atom stereocenters. The Labute approximate surface area is 377 Å². The summed E-state index contributed by atoms with van der Waals surface area (Å²) in [6, 6.07) is 8.61. The lowest BCUT2D eigenvalue weighted by atomic mass is 9.76. The van der Waals surface area contributed by atoms with Gasteiger partial charge in [-0.15, -0.1) is 0 Å². The number of methoxy groups -OCH3 is 2. The predicted octanol–water partition coefficient (Wildman–Crippen LogP) is 5.55. The number of unbranched alkanes of at least 4 members (excludes halogenated alkanes) is 2. The summed E-state index contributed by atoms with van der Waals surface area (Å²) in [5, 5.41) is 9.12. The van der Waals surface area contributed by atoms with Gasteiger partial charge in [0.05, 0.1) is 54.0 Å². The molecule has 0 radical (unpaired) electrons. The number of ether oxygens (including phenoxy) is 4. The van der Waals surface area contributed by atoms with Crippen molar-refractivity contribution in [3.63, 3.8) is 0 Å². The first-order chi connectivity index (χ1) is 30.2. The van der Waals surface area contributed by atoms with E-state index in [1.807, 2.05) is 37.0 Å². The van der Waals surface area contributed by atoms with Crippen molar-refractivity contribution in [3.05, 3.63) is 95.8 Å². The number of allylic oxidation sites excluding steroid dienone is 8. The van der Waals surface area contributed by atoms with Crippen molar-refractivity contribution in [1.29, 1.82) is 0 Å². The second-order valence-electron chi connectivity index (χ2n) is 15.9. The van der Waals surface area contributed by atoms with E-state index in [1.165, 1.54) is 24.3 Å². The number of fused-ring (bicyclic) bond motifs is 2. The summed E-state index contributed by atoms with van der Waals surface area (Å²) < 4.78 is 128. The SMILES string of the molecule is COCCOCCOCCN1/C(=C/C=C/C=C/C=C/C2=[N+](CCCCCC(=O)O)c3ccc(S(=O)(=O)O)cc3C2(C)CCOC)C(C)(CCCS(=O)(=O)O)c2cc(S(=O)(=O)[O-])ccc21. The Kier molecular flexibility index (Phi) is 19.2. The molecular formula is C44H60N2O15S3. The minimum absolute atomic E-state index is 0.0283. The molecule has 0 saturated heterocycles. The predicted molar refractivity (Wildman–Crippen MR) is 240 cm³/mol. The van der Waals surface area contributed by atoms with Crippen molar-refractivity contribution >= 4 is 53.4 Å². The molecule has 0 amide bonds. The zero-order chi connectivity index (χ0) is 47.2. The summed E-state index contributed by atoms with van der Waals surface area (Å²) in [5.74, 6) is -1.40. The number of benzene rings is 2. The molecule has 0 aromatic heterocycles. The topological polar surface area (TPSA) is 246 Å². The van der Waals surface area contributed by atoms with E-state index in [9.17, 15) is 43.7 Å². The van der Waals surface area contributed by atoms with E-state index in [-0.39, 0.29) is 30.8 Å². The summed E-state index contributed by atoms with van der Waals surface area (Å²) >= 11 is 0. The van der Waals surface area contributed by atoms with Crippen molar-refractivity contribution in [2.24, 2.45) is 0 Å². The second-order valence-corrected chi connectivity index (χ2v) is 20.2. The molecule has 2 atom stereocenters. The highest BCUT2D eigenvalue weighted by Gasteiger charge is 2.48. The van der Waals surface area contributed by atoms with Crippen molar-refractivity contribution in [2.45, 2.75) is 79.4 Å². The average Bonchev–Trinajstić information content (AvgIpc) is 3.58. The first-order valence-corrected chi connectivity index (χ1v) is 25.3.